The Bertz CT molecular complexity index is 290. The predicted molar refractivity (Wildman–Crippen MR) is 66.8 cm³/mol. The minimum absolute atomic E-state index is 0.0632. The topological polar surface area (TPSA) is 95.5 Å². The maximum atomic E-state index is 11.2. The average molecular weight is 258 g/mol. The molecular weight excluding hydrogens is 236 g/mol. The van der Waals surface area contributed by atoms with Crippen molar-refractivity contribution in [2.24, 2.45) is 0 Å². The molecule has 2 amide bonds. The van der Waals surface area contributed by atoms with Crippen molar-refractivity contribution < 1.29 is 19.5 Å². The monoisotopic (exact) mass is 258 g/mol. The SMILES string of the molecule is CC(=O)CNC(=O)CCCCC(=O)NCC(C)O. The van der Waals surface area contributed by atoms with Crippen LogP contribution in [0.5, 0.6) is 0 Å². The minimum Gasteiger partial charge on any atom is -0.392 e. The smallest absolute Gasteiger partial charge is 0.220 e. The first-order valence-corrected chi connectivity index (χ1v) is 6.12. The molecule has 0 aliphatic carbocycles. The number of ketones is 1. The lowest BCUT2D eigenvalue weighted by Gasteiger charge is -2.07. The quantitative estimate of drug-likeness (QED) is 0.497. The van der Waals surface area contributed by atoms with E-state index in [1.165, 1.54) is 6.92 Å². The Morgan fingerprint density at radius 2 is 1.56 bits per heavy atom. The Morgan fingerprint density at radius 1 is 1.06 bits per heavy atom. The summed E-state index contributed by atoms with van der Waals surface area (Å²) in [4.78, 5) is 33.1. The molecule has 6 nitrogen and oxygen atoms in total. The molecule has 0 aromatic rings. The lowest BCUT2D eigenvalue weighted by molar-refractivity contribution is -0.124. The second-order valence-corrected chi connectivity index (χ2v) is 4.34. The molecule has 0 radical (unpaired) electrons. The van der Waals surface area contributed by atoms with Gasteiger partial charge in [-0.1, -0.05) is 0 Å². The number of carbonyl (C=O) groups is 3. The summed E-state index contributed by atoms with van der Waals surface area (Å²) in [5, 5.41) is 14.0. The highest BCUT2D eigenvalue weighted by atomic mass is 16.3. The number of hydrogen-bond donors (Lipinski definition) is 3. The summed E-state index contributed by atoms with van der Waals surface area (Å²) in [6.07, 6.45) is 1.32. The Morgan fingerprint density at radius 3 is 2.00 bits per heavy atom. The molecule has 0 saturated carbocycles. The largest absolute Gasteiger partial charge is 0.392 e. The van der Waals surface area contributed by atoms with Gasteiger partial charge in [-0.3, -0.25) is 14.4 Å². The molecule has 0 bridgehead atoms. The fraction of sp³-hybridized carbons (Fsp3) is 0.750. The number of aliphatic hydroxyl groups is 1. The van der Waals surface area contributed by atoms with Gasteiger partial charge in [0.05, 0.1) is 12.6 Å². The van der Waals surface area contributed by atoms with E-state index >= 15 is 0 Å². The van der Waals surface area contributed by atoms with Crippen molar-refractivity contribution in [3.05, 3.63) is 0 Å². The Balaban J connectivity index is 3.46. The fourth-order valence-corrected chi connectivity index (χ4v) is 1.23. The first-order chi connectivity index (χ1) is 8.41. The molecule has 3 N–H and O–H groups in total. The third-order valence-corrected chi connectivity index (χ3v) is 2.19. The van der Waals surface area contributed by atoms with E-state index in [2.05, 4.69) is 10.6 Å². The third kappa shape index (κ3) is 11.1. The van der Waals surface area contributed by atoms with Gasteiger partial charge in [0.2, 0.25) is 11.8 Å². The number of aliphatic hydroxyl groups excluding tert-OH is 1. The van der Waals surface area contributed by atoms with Gasteiger partial charge >= 0.3 is 0 Å². The number of amides is 2. The molecular formula is C12H22N2O4. The van der Waals surface area contributed by atoms with Crippen molar-refractivity contribution in [1.29, 1.82) is 0 Å². The van der Waals surface area contributed by atoms with Crippen LogP contribution in [0.3, 0.4) is 0 Å². The zero-order valence-corrected chi connectivity index (χ0v) is 11.0. The highest BCUT2D eigenvalue weighted by molar-refractivity contribution is 5.84. The van der Waals surface area contributed by atoms with Gasteiger partial charge in [-0.15, -0.1) is 0 Å². The molecule has 0 rings (SSSR count). The molecule has 1 atom stereocenters. The summed E-state index contributed by atoms with van der Waals surface area (Å²) in [5.41, 5.74) is 0. The number of carbonyl (C=O) groups excluding carboxylic acids is 3. The summed E-state index contributed by atoms with van der Waals surface area (Å²) in [5.74, 6) is -0.379. The number of hydrogen-bond acceptors (Lipinski definition) is 4. The maximum absolute atomic E-state index is 11.2. The van der Waals surface area contributed by atoms with E-state index in [1.54, 1.807) is 6.92 Å². The van der Waals surface area contributed by atoms with Crippen LogP contribution >= 0.6 is 0 Å². The number of rotatable bonds is 9. The van der Waals surface area contributed by atoms with Gasteiger partial charge in [-0.2, -0.15) is 0 Å². The number of unbranched alkanes of at least 4 members (excludes halogenated alkanes) is 1. The van der Waals surface area contributed by atoms with Crippen molar-refractivity contribution in [3.63, 3.8) is 0 Å². The summed E-state index contributed by atoms with van der Waals surface area (Å²) in [6, 6.07) is 0. The van der Waals surface area contributed by atoms with E-state index in [0.29, 0.717) is 25.7 Å². The summed E-state index contributed by atoms with van der Waals surface area (Å²) in [6.45, 7) is 3.32. The number of nitrogens with one attached hydrogen (secondary N) is 2. The molecule has 0 heterocycles. The second kappa shape index (κ2) is 9.58. The van der Waals surface area contributed by atoms with Crippen molar-refractivity contribution in [1.82, 2.24) is 10.6 Å². The lowest BCUT2D eigenvalue weighted by atomic mass is 10.2. The zero-order valence-electron chi connectivity index (χ0n) is 11.0. The van der Waals surface area contributed by atoms with E-state index in [0.717, 1.165) is 0 Å². The minimum atomic E-state index is -0.550. The van der Waals surface area contributed by atoms with Crippen molar-refractivity contribution >= 4 is 17.6 Å². The van der Waals surface area contributed by atoms with Crippen LogP contribution in [-0.4, -0.2) is 41.9 Å². The highest BCUT2D eigenvalue weighted by Crippen LogP contribution is 1.99. The van der Waals surface area contributed by atoms with Gasteiger partial charge in [0.15, 0.2) is 0 Å². The van der Waals surface area contributed by atoms with Crippen LogP contribution in [-0.2, 0) is 14.4 Å². The van der Waals surface area contributed by atoms with Crippen LogP contribution < -0.4 is 10.6 Å². The normalized spacial score (nSPS) is 11.7. The highest BCUT2D eigenvalue weighted by Gasteiger charge is 2.05. The van der Waals surface area contributed by atoms with Gasteiger partial charge in [-0.05, 0) is 26.7 Å². The van der Waals surface area contributed by atoms with Crippen molar-refractivity contribution in [2.75, 3.05) is 13.1 Å². The average Bonchev–Trinajstić information content (AvgIpc) is 2.29. The molecule has 6 heteroatoms. The van der Waals surface area contributed by atoms with Crippen LogP contribution in [0, 0.1) is 0 Å². The Labute approximate surface area is 107 Å². The van der Waals surface area contributed by atoms with Gasteiger partial charge in [0, 0.05) is 19.4 Å². The van der Waals surface area contributed by atoms with Crippen LogP contribution in [0.1, 0.15) is 39.5 Å². The second-order valence-electron chi connectivity index (χ2n) is 4.34. The standard InChI is InChI=1S/C12H22N2O4/c1-9(15)7-13-11(17)5-3-4-6-12(18)14-8-10(2)16/h9,15H,3-8H2,1-2H3,(H,13,17)(H,14,18). The first kappa shape index (κ1) is 16.6. The maximum Gasteiger partial charge on any atom is 0.220 e. The summed E-state index contributed by atoms with van der Waals surface area (Å²) < 4.78 is 0. The molecule has 104 valence electrons. The van der Waals surface area contributed by atoms with E-state index in [-0.39, 0.29) is 30.7 Å². The number of Topliss-reactive ketones (excluding diaryl/α,β-unsaturated/α-hetero) is 1. The van der Waals surface area contributed by atoms with Gasteiger partial charge in [0.25, 0.3) is 0 Å². The van der Waals surface area contributed by atoms with E-state index < -0.39 is 6.10 Å². The summed E-state index contributed by atoms with van der Waals surface area (Å²) in [7, 11) is 0. The molecule has 0 fully saturated rings. The molecule has 0 aromatic heterocycles. The van der Waals surface area contributed by atoms with Crippen molar-refractivity contribution in [3.8, 4) is 0 Å². The van der Waals surface area contributed by atoms with Crippen LogP contribution in [0.15, 0.2) is 0 Å². The molecule has 0 spiro atoms. The van der Waals surface area contributed by atoms with Gasteiger partial charge < -0.3 is 15.7 Å². The molecule has 1 unspecified atom stereocenters. The Kier molecular flexibility index (Phi) is 8.82. The molecule has 0 saturated heterocycles. The van der Waals surface area contributed by atoms with Crippen LogP contribution in [0.25, 0.3) is 0 Å². The fourth-order valence-electron chi connectivity index (χ4n) is 1.23. The van der Waals surface area contributed by atoms with Gasteiger partial charge in [0.1, 0.15) is 5.78 Å². The molecule has 0 aromatic carbocycles. The van der Waals surface area contributed by atoms with Crippen molar-refractivity contribution in [2.45, 2.75) is 45.6 Å². The first-order valence-electron chi connectivity index (χ1n) is 6.12. The van der Waals surface area contributed by atoms with Gasteiger partial charge in [-0.25, -0.2) is 0 Å². The third-order valence-electron chi connectivity index (χ3n) is 2.19. The van der Waals surface area contributed by atoms with Crippen LogP contribution in [0.2, 0.25) is 0 Å². The molecule has 0 aliphatic heterocycles. The predicted octanol–water partition coefficient (Wildman–Crippen LogP) is -0.251. The van der Waals surface area contributed by atoms with E-state index in [1.807, 2.05) is 0 Å². The van der Waals surface area contributed by atoms with E-state index in [9.17, 15) is 14.4 Å². The Hall–Kier alpha value is -1.43. The molecule has 18 heavy (non-hydrogen) atoms. The summed E-state index contributed by atoms with van der Waals surface area (Å²) >= 11 is 0. The van der Waals surface area contributed by atoms with Crippen LogP contribution in [0.4, 0.5) is 0 Å². The zero-order chi connectivity index (χ0) is 14.0. The molecule has 0 aliphatic rings. The van der Waals surface area contributed by atoms with E-state index in [4.69, 9.17) is 5.11 Å². The lowest BCUT2D eigenvalue weighted by Crippen LogP contribution is -2.30.